The molecule has 212 valence electrons. The number of ether oxygens (including phenoxy) is 4. The molecule has 3 heterocycles. The van der Waals surface area contributed by atoms with Gasteiger partial charge >= 0.3 is 0 Å². The highest BCUT2D eigenvalue weighted by atomic mass is 16.5. The van der Waals surface area contributed by atoms with Gasteiger partial charge in [0.2, 0.25) is 5.78 Å². The van der Waals surface area contributed by atoms with E-state index in [0.717, 1.165) is 13.1 Å². The molecule has 2 aliphatic rings. The van der Waals surface area contributed by atoms with E-state index in [0.29, 0.717) is 73.3 Å². The molecule has 1 atom stereocenters. The SMILES string of the molecule is CCOc1ccc(C2C(C(=O)c3cc4cccc(OC)c4o3)=C(O)C(=O)N2CCN2CCOCC2)cc1OCC. The normalized spacial score (nSPS) is 18.0. The molecule has 1 N–H and O–H groups in total. The first-order chi connectivity index (χ1) is 19.5. The summed E-state index contributed by atoms with van der Waals surface area (Å²) in [4.78, 5) is 31.2. The van der Waals surface area contributed by atoms with Crippen molar-refractivity contribution >= 4 is 22.7 Å². The lowest BCUT2D eigenvalue weighted by Crippen LogP contribution is -2.43. The van der Waals surface area contributed by atoms with Gasteiger partial charge in [-0.3, -0.25) is 14.5 Å². The summed E-state index contributed by atoms with van der Waals surface area (Å²) in [5, 5.41) is 11.8. The Balaban J connectivity index is 1.55. The van der Waals surface area contributed by atoms with Gasteiger partial charge in [0.25, 0.3) is 5.91 Å². The second kappa shape index (κ2) is 12.0. The van der Waals surface area contributed by atoms with Crippen molar-refractivity contribution in [1.29, 1.82) is 0 Å². The molecule has 1 unspecified atom stereocenters. The minimum absolute atomic E-state index is 0.00449. The van der Waals surface area contributed by atoms with Gasteiger partial charge in [-0.2, -0.15) is 0 Å². The number of aliphatic hydroxyl groups excluding tert-OH is 1. The van der Waals surface area contributed by atoms with Crippen molar-refractivity contribution in [3.05, 3.63) is 65.1 Å². The third kappa shape index (κ3) is 5.24. The number of rotatable bonds is 11. The smallest absolute Gasteiger partial charge is 0.290 e. The Morgan fingerprint density at radius 1 is 1.00 bits per heavy atom. The van der Waals surface area contributed by atoms with E-state index in [1.165, 1.54) is 12.0 Å². The number of benzene rings is 2. The molecular formula is C30H34N2O8. The van der Waals surface area contributed by atoms with Crippen LogP contribution < -0.4 is 14.2 Å². The maximum atomic E-state index is 14.0. The van der Waals surface area contributed by atoms with E-state index in [4.69, 9.17) is 23.4 Å². The van der Waals surface area contributed by atoms with Gasteiger partial charge in [-0.05, 0) is 43.7 Å². The molecule has 1 saturated heterocycles. The van der Waals surface area contributed by atoms with Crippen LogP contribution in [0.3, 0.4) is 0 Å². The van der Waals surface area contributed by atoms with Crippen LogP contribution in [0.1, 0.15) is 36.0 Å². The van der Waals surface area contributed by atoms with Crippen molar-refractivity contribution < 1.29 is 38.1 Å². The topological polar surface area (TPSA) is 111 Å². The van der Waals surface area contributed by atoms with Gasteiger partial charge in [0, 0.05) is 31.6 Å². The molecule has 10 nitrogen and oxygen atoms in total. The van der Waals surface area contributed by atoms with E-state index >= 15 is 0 Å². The van der Waals surface area contributed by atoms with Crippen molar-refractivity contribution in [1.82, 2.24) is 9.80 Å². The van der Waals surface area contributed by atoms with Crippen molar-refractivity contribution in [2.75, 3.05) is 59.7 Å². The number of Topliss-reactive ketones (excluding diaryl/α,β-unsaturated/α-hetero) is 1. The van der Waals surface area contributed by atoms with Crippen LogP contribution >= 0.6 is 0 Å². The summed E-state index contributed by atoms with van der Waals surface area (Å²) in [5.74, 6) is -0.233. The van der Waals surface area contributed by atoms with Crippen LogP contribution in [0, 0.1) is 0 Å². The molecule has 0 spiro atoms. The van der Waals surface area contributed by atoms with Crippen molar-refractivity contribution in [2.45, 2.75) is 19.9 Å². The quantitative estimate of drug-likeness (QED) is 0.352. The molecule has 2 aromatic carbocycles. The minimum atomic E-state index is -0.856. The van der Waals surface area contributed by atoms with Gasteiger partial charge in [-0.15, -0.1) is 0 Å². The van der Waals surface area contributed by atoms with Gasteiger partial charge in [0.05, 0.1) is 45.2 Å². The number of fused-ring (bicyclic) bond motifs is 1. The Kier molecular flexibility index (Phi) is 8.27. The predicted octanol–water partition coefficient (Wildman–Crippen LogP) is 4.15. The number of nitrogens with zero attached hydrogens (tertiary/aromatic N) is 2. The predicted molar refractivity (Wildman–Crippen MR) is 147 cm³/mol. The number of hydrogen-bond donors (Lipinski definition) is 1. The lowest BCUT2D eigenvalue weighted by atomic mass is 9.94. The number of ketones is 1. The van der Waals surface area contributed by atoms with E-state index in [2.05, 4.69) is 4.90 Å². The number of para-hydroxylation sites is 1. The molecule has 1 aromatic heterocycles. The third-order valence-corrected chi connectivity index (χ3v) is 7.14. The fourth-order valence-electron chi connectivity index (χ4n) is 5.22. The number of furan rings is 1. The highest BCUT2D eigenvalue weighted by Gasteiger charge is 2.45. The summed E-state index contributed by atoms with van der Waals surface area (Å²) in [5.41, 5.74) is 0.984. The zero-order chi connectivity index (χ0) is 28.2. The van der Waals surface area contributed by atoms with Gasteiger partial charge in [-0.25, -0.2) is 0 Å². The monoisotopic (exact) mass is 550 g/mol. The van der Waals surface area contributed by atoms with E-state index in [1.54, 1.807) is 42.5 Å². The summed E-state index contributed by atoms with van der Waals surface area (Å²) in [7, 11) is 1.52. The number of morpholine rings is 1. The molecule has 0 aliphatic carbocycles. The highest BCUT2D eigenvalue weighted by molar-refractivity contribution is 6.16. The van der Waals surface area contributed by atoms with E-state index < -0.39 is 23.5 Å². The Hall–Kier alpha value is -4.02. The van der Waals surface area contributed by atoms with Gasteiger partial charge < -0.3 is 33.4 Å². The average molecular weight is 551 g/mol. The molecule has 40 heavy (non-hydrogen) atoms. The number of carbonyl (C=O) groups is 2. The molecule has 0 bridgehead atoms. The zero-order valence-electron chi connectivity index (χ0n) is 23.0. The van der Waals surface area contributed by atoms with Crippen LogP contribution in [-0.2, 0) is 9.53 Å². The first kappa shape index (κ1) is 27.5. The van der Waals surface area contributed by atoms with Crippen LogP contribution in [0.25, 0.3) is 11.0 Å². The summed E-state index contributed by atoms with van der Waals surface area (Å²) < 4.78 is 28.3. The first-order valence-corrected chi connectivity index (χ1v) is 13.5. The summed E-state index contributed by atoms with van der Waals surface area (Å²) in [6.45, 7) is 8.21. The Bertz CT molecular complexity index is 1420. The van der Waals surface area contributed by atoms with E-state index in [9.17, 15) is 14.7 Å². The zero-order valence-corrected chi connectivity index (χ0v) is 23.0. The highest BCUT2D eigenvalue weighted by Crippen LogP contribution is 2.42. The number of aliphatic hydroxyl groups is 1. The molecule has 1 amide bonds. The van der Waals surface area contributed by atoms with Crippen molar-refractivity contribution in [3.8, 4) is 17.2 Å². The minimum Gasteiger partial charge on any atom is -0.503 e. The average Bonchev–Trinajstić information content (AvgIpc) is 3.52. The molecule has 2 aliphatic heterocycles. The molecule has 5 rings (SSSR count). The Morgan fingerprint density at radius 2 is 1.75 bits per heavy atom. The standard InChI is InChI=1S/C30H34N2O8/c1-4-38-21-10-9-19(17-23(21)39-5-2)26-25(27(33)24-18-20-7-6-8-22(36-3)29(20)40-24)28(34)30(35)32(26)12-11-31-13-15-37-16-14-31/h6-10,17-18,26,34H,4-5,11-16H2,1-3H3. The van der Waals surface area contributed by atoms with Gasteiger partial charge in [0.15, 0.2) is 34.4 Å². The second-order valence-corrected chi connectivity index (χ2v) is 9.51. The number of amides is 1. The first-order valence-electron chi connectivity index (χ1n) is 13.5. The summed E-state index contributed by atoms with van der Waals surface area (Å²) >= 11 is 0. The Morgan fingerprint density at radius 3 is 2.48 bits per heavy atom. The Labute approximate surface area is 232 Å². The lowest BCUT2D eigenvalue weighted by molar-refractivity contribution is -0.129. The largest absolute Gasteiger partial charge is 0.503 e. The summed E-state index contributed by atoms with van der Waals surface area (Å²) in [6, 6.07) is 11.4. The van der Waals surface area contributed by atoms with Crippen LogP contribution in [0.15, 0.2) is 58.2 Å². The van der Waals surface area contributed by atoms with Crippen LogP contribution in [0.2, 0.25) is 0 Å². The maximum absolute atomic E-state index is 14.0. The molecule has 1 fully saturated rings. The second-order valence-electron chi connectivity index (χ2n) is 9.51. The molecule has 10 heteroatoms. The van der Waals surface area contributed by atoms with Crippen LogP contribution in [-0.4, -0.2) is 86.3 Å². The molecule has 3 aromatic rings. The fraction of sp³-hybridized carbons (Fsp3) is 0.400. The van der Waals surface area contributed by atoms with E-state index in [1.807, 2.05) is 13.8 Å². The third-order valence-electron chi connectivity index (χ3n) is 7.14. The van der Waals surface area contributed by atoms with Gasteiger partial charge in [0.1, 0.15) is 0 Å². The molecule has 0 saturated carbocycles. The summed E-state index contributed by atoms with van der Waals surface area (Å²) in [6.07, 6.45) is 0. The number of methoxy groups -OCH3 is 1. The molecule has 0 radical (unpaired) electrons. The van der Waals surface area contributed by atoms with Crippen molar-refractivity contribution in [2.24, 2.45) is 0 Å². The lowest BCUT2D eigenvalue weighted by Gasteiger charge is -2.31. The maximum Gasteiger partial charge on any atom is 0.290 e. The van der Waals surface area contributed by atoms with Crippen LogP contribution in [0.4, 0.5) is 0 Å². The fourth-order valence-corrected chi connectivity index (χ4v) is 5.22. The van der Waals surface area contributed by atoms with Crippen molar-refractivity contribution in [3.63, 3.8) is 0 Å². The number of carbonyl (C=O) groups excluding carboxylic acids is 2. The van der Waals surface area contributed by atoms with E-state index in [-0.39, 0.29) is 11.3 Å². The van der Waals surface area contributed by atoms with Gasteiger partial charge in [-0.1, -0.05) is 18.2 Å². The molecular weight excluding hydrogens is 516 g/mol. The number of hydrogen-bond acceptors (Lipinski definition) is 9. The van der Waals surface area contributed by atoms with Crippen LogP contribution in [0.5, 0.6) is 17.2 Å².